The van der Waals surface area contributed by atoms with E-state index >= 15 is 0 Å². The summed E-state index contributed by atoms with van der Waals surface area (Å²) in [5.74, 6) is 1.40. The van der Waals surface area contributed by atoms with Gasteiger partial charge in [0.25, 0.3) is 0 Å². The minimum atomic E-state index is 0.194. The maximum Gasteiger partial charge on any atom is 0.237 e. The average molecular weight is 235 g/mol. The SMILES string of the molecule is CC(C)Cc1ccc2c(c1)N(C)C(=O)CS2. The van der Waals surface area contributed by atoms with Crippen molar-refractivity contribution in [1.29, 1.82) is 0 Å². The van der Waals surface area contributed by atoms with E-state index in [0.29, 0.717) is 11.7 Å². The molecule has 0 spiro atoms. The number of benzene rings is 1. The Morgan fingerprint density at radius 1 is 1.44 bits per heavy atom. The van der Waals surface area contributed by atoms with Crippen molar-refractivity contribution in [2.75, 3.05) is 17.7 Å². The van der Waals surface area contributed by atoms with Crippen LogP contribution in [0.3, 0.4) is 0 Å². The van der Waals surface area contributed by atoms with Gasteiger partial charge in [0.2, 0.25) is 5.91 Å². The molecule has 1 aromatic rings. The normalized spacial score (nSPS) is 15.5. The van der Waals surface area contributed by atoms with Gasteiger partial charge in [0.15, 0.2) is 0 Å². The fraction of sp³-hybridized carbons (Fsp3) is 0.462. The monoisotopic (exact) mass is 235 g/mol. The predicted octanol–water partition coefficient (Wildman–Crippen LogP) is 2.95. The number of hydrogen-bond acceptors (Lipinski definition) is 2. The van der Waals surface area contributed by atoms with Gasteiger partial charge in [-0.15, -0.1) is 11.8 Å². The number of carbonyl (C=O) groups excluding carboxylic acids is 1. The highest BCUT2D eigenvalue weighted by molar-refractivity contribution is 8.00. The zero-order valence-electron chi connectivity index (χ0n) is 9.99. The number of carbonyl (C=O) groups is 1. The molecular weight excluding hydrogens is 218 g/mol. The van der Waals surface area contributed by atoms with Crippen molar-refractivity contribution < 1.29 is 4.79 Å². The van der Waals surface area contributed by atoms with Crippen molar-refractivity contribution in [3.8, 4) is 0 Å². The molecule has 1 heterocycles. The van der Waals surface area contributed by atoms with Crippen LogP contribution in [0.1, 0.15) is 19.4 Å². The molecule has 0 fully saturated rings. The van der Waals surface area contributed by atoms with Gasteiger partial charge in [0, 0.05) is 11.9 Å². The summed E-state index contributed by atoms with van der Waals surface area (Å²) in [6.45, 7) is 4.42. The molecule has 0 unspecified atom stereocenters. The third-order valence-corrected chi connectivity index (χ3v) is 3.80. The molecule has 1 aromatic carbocycles. The first-order chi connectivity index (χ1) is 7.58. The van der Waals surface area contributed by atoms with Crippen LogP contribution in [-0.2, 0) is 11.2 Å². The molecule has 2 nitrogen and oxygen atoms in total. The van der Waals surface area contributed by atoms with Crippen LogP contribution >= 0.6 is 11.8 Å². The molecular formula is C13H17NOS. The summed E-state index contributed by atoms with van der Waals surface area (Å²) in [6.07, 6.45) is 1.07. The lowest BCUT2D eigenvalue weighted by molar-refractivity contribution is -0.116. The van der Waals surface area contributed by atoms with E-state index in [1.165, 1.54) is 10.5 Å². The second-order valence-corrected chi connectivity index (χ2v) is 5.66. The van der Waals surface area contributed by atoms with Gasteiger partial charge >= 0.3 is 0 Å². The van der Waals surface area contributed by atoms with Gasteiger partial charge in [-0.25, -0.2) is 0 Å². The summed E-state index contributed by atoms with van der Waals surface area (Å²) in [5, 5.41) is 0. The number of hydrogen-bond donors (Lipinski definition) is 0. The van der Waals surface area contributed by atoms with E-state index in [-0.39, 0.29) is 5.91 Å². The van der Waals surface area contributed by atoms with E-state index in [2.05, 4.69) is 32.0 Å². The van der Waals surface area contributed by atoms with E-state index < -0.39 is 0 Å². The second-order valence-electron chi connectivity index (χ2n) is 4.64. The van der Waals surface area contributed by atoms with Gasteiger partial charge in [-0.3, -0.25) is 4.79 Å². The first-order valence-corrected chi connectivity index (χ1v) is 6.59. The van der Waals surface area contributed by atoms with Gasteiger partial charge in [0.05, 0.1) is 11.4 Å². The summed E-state index contributed by atoms with van der Waals surface area (Å²) in [6, 6.07) is 6.47. The van der Waals surface area contributed by atoms with Crippen LogP contribution < -0.4 is 4.90 Å². The lowest BCUT2D eigenvalue weighted by atomic mass is 10.0. The lowest BCUT2D eigenvalue weighted by Gasteiger charge is -2.25. The van der Waals surface area contributed by atoms with Crippen molar-refractivity contribution in [3.63, 3.8) is 0 Å². The predicted molar refractivity (Wildman–Crippen MR) is 69.1 cm³/mol. The maximum absolute atomic E-state index is 11.6. The molecule has 0 saturated carbocycles. The second kappa shape index (κ2) is 4.50. The van der Waals surface area contributed by atoms with Gasteiger partial charge < -0.3 is 4.90 Å². The van der Waals surface area contributed by atoms with Crippen molar-refractivity contribution in [2.24, 2.45) is 5.92 Å². The quantitative estimate of drug-likeness (QED) is 0.785. The topological polar surface area (TPSA) is 20.3 Å². The smallest absolute Gasteiger partial charge is 0.237 e. The van der Waals surface area contributed by atoms with E-state index in [0.717, 1.165) is 12.1 Å². The minimum Gasteiger partial charge on any atom is -0.314 e. The lowest BCUT2D eigenvalue weighted by Crippen LogP contribution is -2.31. The summed E-state index contributed by atoms with van der Waals surface area (Å²) >= 11 is 1.64. The average Bonchev–Trinajstić information content (AvgIpc) is 2.23. The molecule has 0 saturated heterocycles. The van der Waals surface area contributed by atoms with Gasteiger partial charge in [0.1, 0.15) is 0 Å². The van der Waals surface area contributed by atoms with Crippen molar-refractivity contribution in [2.45, 2.75) is 25.2 Å². The van der Waals surface area contributed by atoms with Crippen molar-refractivity contribution in [3.05, 3.63) is 23.8 Å². The number of fused-ring (bicyclic) bond motifs is 1. The highest BCUT2D eigenvalue weighted by Gasteiger charge is 2.21. The largest absolute Gasteiger partial charge is 0.314 e. The summed E-state index contributed by atoms with van der Waals surface area (Å²) in [5.41, 5.74) is 2.38. The number of rotatable bonds is 2. The van der Waals surface area contributed by atoms with Crippen LogP contribution in [0, 0.1) is 5.92 Å². The third-order valence-electron chi connectivity index (χ3n) is 2.75. The summed E-state index contributed by atoms with van der Waals surface area (Å²) in [7, 11) is 1.86. The number of thioether (sulfide) groups is 1. The molecule has 0 aliphatic carbocycles. The summed E-state index contributed by atoms with van der Waals surface area (Å²) in [4.78, 5) is 14.6. The molecule has 0 N–H and O–H groups in total. The Hall–Kier alpha value is -0.960. The molecule has 1 aliphatic heterocycles. The number of nitrogens with zero attached hydrogens (tertiary/aromatic N) is 1. The summed E-state index contributed by atoms with van der Waals surface area (Å²) < 4.78 is 0. The first kappa shape index (κ1) is 11.5. The number of amides is 1. The molecule has 1 aliphatic rings. The van der Waals surface area contributed by atoms with Crippen LogP contribution in [-0.4, -0.2) is 18.7 Å². The van der Waals surface area contributed by atoms with Crippen LogP contribution in [0.5, 0.6) is 0 Å². The highest BCUT2D eigenvalue weighted by Crippen LogP contribution is 2.35. The maximum atomic E-state index is 11.6. The Balaban J connectivity index is 2.33. The number of anilines is 1. The van der Waals surface area contributed by atoms with Crippen LogP contribution in [0.2, 0.25) is 0 Å². The standard InChI is InChI=1S/C13H17NOS/c1-9(2)6-10-4-5-12-11(7-10)14(3)13(15)8-16-12/h4-5,7,9H,6,8H2,1-3H3. The molecule has 1 amide bonds. The molecule has 2 rings (SSSR count). The minimum absolute atomic E-state index is 0.194. The van der Waals surface area contributed by atoms with Crippen molar-refractivity contribution >= 4 is 23.4 Å². The Morgan fingerprint density at radius 3 is 2.88 bits per heavy atom. The Bertz CT molecular complexity index is 414. The molecule has 0 bridgehead atoms. The molecule has 86 valence electrons. The Labute approximate surface area is 101 Å². The van der Waals surface area contributed by atoms with E-state index in [9.17, 15) is 4.79 Å². The van der Waals surface area contributed by atoms with Gasteiger partial charge in [-0.05, 0) is 30.0 Å². The third kappa shape index (κ3) is 2.24. The molecule has 0 aromatic heterocycles. The van der Waals surface area contributed by atoms with E-state index in [1.807, 2.05) is 7.05 Å². The first-order valence-electron chi connectivity index (χ1n) is 5.60. The van der Waals surface area contributed by atoms with E-state index in [4.69, 9.17) is 0 Å². The Kier molecular flexibility index (Phi) is 3.24. The van der Waals surface area contributed by atoms with Crippen LogP contribution in [0.4, 0.5) is 5.69 Å². The van der Waals surface area contributed by atoms with Crippen LogP contribution in [0.25, 0.3) is 0 Å². The fourth-order valence-corrected chi connectivity index (χ4v) is 2.90. The Morgan fingerprint density at radius 2 is 2.19 bits per heavy atom. The zero-order valence-corrected chi connectivity index (χ0v) is 10.8. The van der Waals surface area contributed by atoms with Gasteiger partial charge in [-0.2, -0.15) is 0 Å². The highest BCUT2D eigenvalue weighted by atomic mass is 32.2. The van der Waals surface area contributed by atoms with Crippen molar-refractivity contribution in [1.82, 2.24) is 0 Å². The zero-order chi connectivity index (χ0) is 11.7. The van der Waals surface area contributed by atoms with Crippen LogP contribution in [0.15, 0.2) is 23.1 Å². The van der Waals surface area contributed by atoms with Gasteiger partial charge in [-0.1, -0.05) is 19.9 Å². The molecule has 0 atom stereocenters. The molecule has 0 radical (unpaired) electrons. The molecule has 3 heteroatoms. The molecule has 16 heavy (non-hydrogen) atoms. The van der Waals surface area contributed by atoms with E-state index in [1.54, 1.807) is 16.7 Å². The fourth-order valence-electron chi connectivity index (χ4n) is 1.92.